The quantitative estimate of drug-likeness (QED) is 0.842. The molecular formula is C13H16N2O5. The van der Waals surface area contributed by atoms with E-state index in [2.05, 4.69) is 0 Å². The molecule has 3 N–H and O–H groups in total. The van der Waals surface area contributed by atoms with Gasteiger partial charge in [0.15, 0.2) is 5.76 Å². The van der Waals surface area contributed by atoms with E-state index in [4.69, 9.17) is 15.3 Å². The second-order valence-corrected chi connectivity index (χ2v) is 4.88. The van der Waals surface area contributed by atoms with Gasteiger partial charge in [0, 0.05) is 19.5 Å². The lowest BCUT2D eigenvalue weighted by Gasteiger charge is -2.30. The number of primary amides is 1. The summed E-state index contributed by atoms with van der Waals surface area (Å²) in [6, 6.07) is 2.62. The van der Waals surface area contributed by atoms with Gasteiger partial charge in [0.2, 0.25) is 11.7 Å². The largest absolute Gasteiger partial charge is 0.475 e. The number of carbonyl (C=O) groups excluding carboxylic acids is 2. The van der Waals surface area contributed by atoms with Crippen molar-refractivity contribution >= 4 is 17.8 Å². The smallest absolute Gasteiger partial charge is 0.371 e. The lowest BCUT2D eigenvalue weighted by Crippen LogP contribution is -2.39. The fourth-order valence-corrected chi connectivity index (χ4v) is 2.35. The second kappa shape index (κ2) is 5.77. The van der Waals surface area contributed by atoms with Gasteiger partial charge in [-0.25, -0.2) is 4.79 Å². The SMILES string of the molecule is NC(=O)CC1CCN(C(=O)c2ccc(C(=O)O)o2)CC1. The molecule has 0 spiro atoms. The lowest BCUT2D eigenvalue weighted by molar-refractivity contribution is -0.119. The number of aromatic carboxylic acids is 1. The minimum atomic E-state index is -1.20. The van der Waals surface area contributed by atoms with Crippen LogP contribution in [0.3, 0.4) is 0 Å². The summed E-state index contributed by atoms with van der Waals surface area (Å²) < 4.78 is 4.99. The molecule has 1 aromatic heterocycles. The summed E-state index contributed by atoms with van der Waals surface area (Å²) in [5.74, 6) is -1.87. The molecule has 1 saturated heterocycles. The average Bonchev–Trinajstić information content (AvgIpc) is 2.88. The Morgan fingerprint density at radius 1 is 1.25 bits per heavy atom. The first-order chi connectivity index (χ1) is 9.47. The van der Waals surface area contributed by atoms with Gasteiger partial charge in [-0.2, -0.15) is 0 Å². The Labute approximate surface area is 115 Å². The van der Waals surface area contributed by atoms with E-state index in [1.165, 1.54) is 12.1 Å². The summed E-state index contributed by atoms with van der Waals surface area (Å²) in [6.07, 6.45) is 1.76. The predicted molar refractivity (Wildman–Crippen MR) is 68.1 cm³/mol. The molecule has 0 radical (unpaired) electrons. The normalized spacial score (nSPS) is 16.1. The van der Waals surface area contributed by atoms with Crippen LogP contribution in [0.25, 0.3) is 0 Å². The Hall–Kier alpha value is -2.31. The van der Waals surface area contributed by atoms with Gasteiger partial charge < -0.3 is 20.2 Å². The molecule has 2 heterocycles. The molecule has 20 heavy (non-hydrogen) atoms. The topological polar surface area (TPSA) is 114 Å². The Balaban J connectivity index is 1.94. The zero-order valence-corrected chi connectivity index (χ0v) is 10.9. The maximum atomic E-state index is 12.1. The fraction of sp³-hybridized carbons (Fsp3) is 0.462. The molecule has 0 aromatic carbocycles. The highest BCUT2D eigenvalue weighted by Crippen LogP contribution is 2.22. The van der Waals surface area contributed by atoms with E-state index in [0.717, 1.165) is 0 Å². The number of amides is 2. The van der Waals surface area contributed by atoms with Gasteiger partial charge in [-0.15, -0.1) is 0 Å². The number of hydrogen-bond donors (Lipinski definition) is 2. The Morgan fingerprint density at radius 3 is 2.35 bits per heavy atom. The minimum absolute atomic E-state index is 0.0238. The van der Waals surface area contributed by atoms with Crippen molar-refractivity contribution in [3.63, 3.8) is 0 Å². The van der Waals surface area contributed by atoms with Crippen molar-refractivity contribution in [1.82, 2.24) is 4.90 Å². The molecule has 1 aliphatic rings. The summed E-state index contributed by atoms with van der Waals surface area (Å²) >= 11 is 0. The molecule has 7 heteroatoms. The Bertz CT molecular complexity index is 529. The number of nitrogens with zero attached hydrogens (tertiary/aromatic N) is 1. The van der Waals surface area contributed by atoms with Crippen LogP contribution in [-0.4, -0.2) is 40.9 Å². The van der Waals surface area contributed by atoms with Gasteiger partial charge in [0.1, 0.15) is 0 Å². The summed E-state index contributed by atoms with van der Waals surface area (Å²) in [6.45, 7) is 1.03. The van der Waals surface area contributed by atoms with Crippen molar-refractivity contribution in [2.45, 2.75) is 19.3 Å². The third-order valence-electron chi connectivity index (χ3n) is 3.42. The highest BCUT2D eigenvalue weighted by Gasteiger charge is 2.26. The summed E-state index contributed by atoms with van der Waals surface area (Å²) in [5, 5.41) is 8.75. The number of hydrogen-bond acceptors (Lipinski definition) is 4. The van der Waals surface area contributed by atoms with Gasteiger partial charge >= 0.3 is 5.97 Å². The van der Waals surface area contributed by atoms with E-state index >= 15 is 0 Å². The van der Waals surface area contributed by atoms with Crippen LogP contribution < -0.4 is 5.73 Å². The molecular weight excluding hydrogens is 264 g/mol. The molecule has 0 bridgehead atoms. The standard InChI is InChI=1S/C13H16N2O5/c14-11(16)7-8-3-5-15(6-4-8)12(17)9-1-2-10(20-9)13(18)19/h1-2,8H,3-7H2,(H2,14,16)(H,18,19). The first kappa shape index (κ1) is 14.1. The van der Waals surface area contributed by atoms with Crippen LogP contribution in [0.15, 0.2) is 16.5 Å². The molecule has 0 unspecified atom stereocenters. The van der Waals surface area contributed by atoms with Crippen molar-refractivity contribution in [3.8, 4) is 0 Å². The first-order valence-electron chi connectivity index (χ1n) is 6.38. The molecule has 7 nitrogen and oxygen atoms in total. The zero-order chi connectivity index (χ0) is 14.7. The number of furan rings is 1. The number of nitrogens with two attached hydrogens (primary N) is 1. The van der Waals surface area contributed by atoms with E-state index in [9.17, 15) is 14.4 Å². The van der Waals surface area contributed by atoms with Crippen molar-refractivity contribution in [2.24, 2.45) is 11.7 Å². The van der Waals surface area contributed by atoms with E-state index in [1.807, 2.05) is 0 Å². The third kappa shape index (κ3) is 3.17. The molecule has 1 fully saturated rings. The number of likely N-dealkylation sites (tertiary alicyclic amines) is 1. The molecule has 0 saturated carbocycles. The summed E-state index contributed by atoms with van der Waals surface area (Å²) in [7, 11) is 0. The highest BCUT2D eigenvalue weighted by atomic mass is 16.4. The van der Waals surface area contributed by atoms with Crippen LogP contribution in [0.1, 0.15) is 40.4 Å². The number of piperidine rings is 1. The van der Waals surface area contributed by atoms with Gasteiger partial charge in [0.05, 0.1) is 0 Å². The van der Waals surface area contributed by atoms with Crippen LogP contribution in [-0.2, 0) is 4.79 Å². The Kier molecular flexibility index (Phi) is 4.07. The highest BCUT2D eigenvalue weighted by molar-refractivity contribution is 5.93. The number of carbonyl (C=O) groups is 3. The van der Waals surface area contributed by atoms with Gasteiger partial charge in [-0.3, -0.25) is 9.59 Å². The average molecular weight is 280 g/mol. The predicted octanol–water partition coefficient (Wildman–Crippen LogP) is 0.705. The van der Waals surface area contributed by atoms with E-state index in [1.54, 1.807) is 4.90 Å². The van der Waals surface area contributed by atoms with Gasteiger partial charge in [-0.1, -0.05) is 0 Å². The van der Waals surface area contributed by atoms with Crippen LogP contribution in [0.4, 0.5) is 0 Å². The summed E-state index contributed by atoms with van der Waals surface area (Å²) in [5.41, 5.74) is 5.15. The second-order valence-electron chi connectivity index (χ2n) is 4.88. The molecule has 2 rings (SSSR count). The molecule has 0 aliphatic carbocycles. The van der Waals surface area contributed by atoms with Crippen LogP contribution >= 0.6 is 0 Å². The third-order valence-corrected chi connectivity index (χ3v) is 3.42. The molecule has 2 amide bonds. The molecule has 0 atom stereocenters. The van der Waals surface area contributed by atoms with E-state index in [-0.39, 0.29) is 29.3 Å². The van der Waals surface area contributed by atoms with Crippen LogP contribution in [0.2, 0.25) is 0 Å². The Morgan fingerprint density at radius 2 is 1.85 bits per heavy atom. The summed E-state index contributed by atoms with van der Waals surface area (Å²) in [4.78, 5) is 35.2. The molecule has 108 valence electrons. The van der Waals surface area contributed by atoms with Crippen molar-refractivity contribution in [2.75, 3.05) is 13.1 Å². The fourth-order valence-electron chi connectivity index (χ4n) is 2.35. The van der Waals surface area contributed by atoms with Crippen LogP contribution in [0, 0.1) is 5.92 Å². The number of rotatable bonds is 4. The first-order valence-corrected chi connectivity index (χ1v) is 6.38. The van der Waals surface area contributed by atoms with E-state index < -0.39 is 5.97 Å². The molecule has 1 aromatic rings. The van der Waals surface area contributed by atoms with Crippen molar-refractivity contribution in [3.05, 3.63) is 23.7 Å². The van der Waals surface area contributed by atoms with Crippen molar-refractivity contribution < 1.29 is 23.9 Å². The van der Waals surface area contributed by atoms with Crippen LogP contribution in [0.5, 0.6) is 0 Å². The zero-order valence-electron chi connectivity index (χ0n) is 10.9. The van der Waals surface area contributed by atoms with Gasteiger partial charge in [-0.05, 0) is 30.9 Å². The van der Waals surface area contributed by atoms with Gasteiger partial charge in [0.25, 0.3) is 5.91 Å². The monoisotopic (exact) mass is 280 g/mol. The maximum absolute atomic E-state index is 12.1. The lowest BCUT2D eigenvalue weighted by atomic mass is 9.93. The minimum Gasteiger partial charge on any atom is -0.475 e. The number of carboxylic acids is 1. The molecule has 1 aliphatic heterocycles. The van der Waals surface area contributed by atoms with E-state index in [0.29, 0.717) is 32.4 Å². The maximum Gasteiger partial charge on any atom is 0.371 e. The van der Waals surface area contributed by atoms with Crippen molar-refractivity contribution in [1.29, 1.82) is 0 Å². The number of carboxylic acid groups (broad SMARTS) is 1.